The maximum atomic E-state index is 5.09. The molecule has 2 nitrogen and oxygen atoms in total. The summed E-state index contributed by atoms with van der Waals surface area (Å²) in [5.41, 5.74) is 0. The van der Waals surface area contributed by atoms with Crippen molar-refractivity contribution in [3.63, 3.8) is 0 Å². The van der Waals surface area contributed by atoms with E-state index in [9.17, 15) is 0 Å². The minimum absolute atomic E-state index is 0.837. The number of hydrogen-bond acceptors (Lipinski definition) is 2. The average molecular weight is 284 g/mol. The fourth-order valence-corrected chi connectivity index (χ4v) is 2.42. The maximum absolute atomic E-state index is 5.09. The van der Waals surface area contributed by atoms with E-state index in [0.717, 1.165) is 22.0 Å². The Kier molecular flexibility index (Phi) is 4.24. The molecule has 1 saturated heterocycles. The number of nitrogens with one attached hydrogen (secondary N) is 1. The quantitative estimate of drug-likeness (QED) is 0.851. The molecule has 1 N–H and O–H groups in total. The zero-order valence-corrected chi connectivity index (χ0v) is 11.2. The van der Waals surface area contributed by atoms with Gasteiger partial charge in [0, 0.05) is 6.04 Å². The minimum Gasteiger partial charge on any atom is -0.455 e. The molecule has 1 unspecified atom stereocenters. The van der Waals surface area contributed by atoms with Crippen molar-refractivity contribution in [2.24, 2.45) is 0 Å². The number of fused-ring (bicyclic) bond motifs is 2. The zero-order chi connectivity index (χ0) is 11.4. The molecule has 4 rings (SSSR count). The second-order valence-corrected chi connectivity index (χ2v) is 5.02. The van der Waals surface area contributed by atoms with Crippen molar-refractivity contribution in [2.45, 2.75) is 38.6 Å². The minimum atomic E-state index is 0.837. The topological polar surface area (TPSA) is 21.3 Å². The highest BCUT2D eigenvalue weighted by Crippen LogP contribution is 2.45. The van der Waals surface area contributed by atoms with Gasteiger partial charge in [-0.2, -0.15) is 0 Å². The molecule has 0 radical (unpaired) electrons. The van der Waals surface area contributed by atoms with Gasteiger partial charge < -0.3 is 10.1 Å². The van der Waals surface area contributed by atoms with E-state index in [1.807, 2.05) is 18.2 Å². The predicted molar refractivity (Wildman–Crippen MR) is 70.1 cm³/mol. The summed E-state index contributed by atoms with van der Waals surface area (Å²) in [6, 6.07) is 6.66. The maximum Gasteiger partial charge on any atom is 0.145 e. The van der Waals surface area contributed by atoms with Crippen molar-refractivity contribution in [1.82, 2.24) is 5.32 Å². The summed E-state index contributed by atoms with van der Waals surface area (Å²) in [5, 5.41) is 3.47. The Morgan fingerprint density at radius 1 is 1.38 bits per heavy atom. The van der Waals surface area contributed by atoms with Crippen LogP contribution < -0.4 is 10.1 Å². The van der Waals surface area contributed by atoms with Crippen molar-refractivity contribution in [2.75, 3.05) is 6.54 Å². The van der Waals surface area contributed by atoms with Crippen LogP contribution >= 0.6 is 15.9 Å². The lowest BCUT2D eigenvalue weighted by molar-refractivity contribution is 0.393. The molecule has 88 valence electrons. The van der Waals surface area contributed by atoms with Gasteiger partial charge in [0.1, 0.15) is 16.0 Å². The van der Waals surface area contributed by atoms with Crippen LogP contribution in [0.3, 0.4) is 0 Å². The highest BCUT2D eigenvalue weighted by molar-refractivity contribution is 9.10. The van der Waals surface area contributed by atoms with Crippen molar-refractivity contribution in [1.29, 1.82) is 0 Å². The number of ether oxygens (including phenoxy) is 1. The van der Waals surface area contributed by atoms with Crippen LogP contribution in [0.25, 0.3) is 0 Å². The van der Waals surface area contributed by atoms with Crippen LogP contribution in [-0.4, -0.2) is 12.6 Å². The van der Waals surface area contributed by atoms with E-state index < -0.39 is 0 Å². The van der Waals surface area contributed by atoms with E-state index in [1.54, 1.807) is 0 Å². The fraction of sp³-hybridized carbons (Fsp3) is 0.538. The lowest BCUT2D eigenvalue weighted by Crippen LogP contribution is -2.32. The molecule has 0 aromatic heterocycles. The summed E-state index contributed by atoms with van der Waals surface area (Å²) in [4.78, 5) is 0. The van der Waals surface area contributed by atoms with Gasteiger partial charge in [0.2, 0.25) is 0 Å². The third-order valence-electron chi connectivity index (χ3n) is 3.05. The molecule has 1 aromatic carbocycles. The van der Waals surface area contributed by atoms with Crippen LogP contribution in [0.2, 0.25) is 0 Å². The Morgan fingerprint density at radius 2 is 2.12 bits per heavy atom. The van der Waals surface area contributed by atoms with Gasteiger partial charge in [-0.15, -0.1) is 0 Å². The lowest BCUT2D eigenvalue weighted by atomic mass is 10.0. The van der Waals surface area contributed by atoms with Crippen LogP contribution in [0.5, 0.6) is 11.5 Å². The van der Waals surface area contributed by atoms with Crippen molar-refractivity contribution in [3.05, 3.63) is 22.7 Å². The van der Waals surface area contributed by atoms with Crippen LogP contribution in [-0.2, 0) is 0 Å². The van der Waals surface area contributed by atoms with Crippen molar-refractivity contribution >= 4 is 15.9 Å². The zero-order valence-electron chi connectivity index (χ0n) is 9.63. The first-order valence-corrected chi connectivity index (χ1v) is 6.80. The molecular formula is C13H18BrNO. The van der Waals surface area contributed by atoms with Gasteiger partial charge in [-0.3, -0.25) is 0 Å². The number of halogens is 1. The second kappa shape index (κ2) is 5.69. The van der Waals surface area contributed by atoms with Crippen LogP contribution in [0.4, 0.5) is 0 Å². The number of piperidine rings is 1. The van der Waals surface area contributed by atoms with Crippen molar-refractivity contribution in [3.8, 4) is 11.5 Å². The van der Waals surface area contributed by atoms with E-state index in [-0.39, 0.29) is 0 Å². The van der Waals surface area contributed by atoms with Gasteiger partial charge in [-0.25, -0.2) is 0 Å². The molecule has 1 aromatic rings. The third-order valence-corrected chi connectivity index (χ3v) is 3.83. The highest BCUT2D eigenvalue weighted by atomic mass is 79.9. The monoisotopic (exact) mass is 283 g/mol. The molecule has 3 heterocycles. The third kappa shape index (κ3) is 2.77. The van der Waals surface area contributed by atoms with Gasteiger partial charge in [0.15, 0.2) is 0 Å². The first kappa shape index (κ1) is 11.9. The van der Waals surface area contributed by atoms with Crippen LogP contribution in [0.1, 0.15) is 32.6 Å². The summed E-state index contributed by atoms with van der Waals surface area (Å²) in [6.45, 7) is 3.50. The molecule has 1 atom stereocenters. The van der Waals surface area contributed by atoms with E-state index in [1.165, 1.54) is 32.2 Å². The standard InChI is InChI=1S/C7H15N.C6H3BrO/c1-2-7-5-3-4-6-8-7;7-6-4-2-1-3-5(6)8-4/h7-8H,2-6H2,1H3;1-3H. The molecule has 16 heavy (non-hydrogen) atoms. The molecule has 1 fully saturated rings. The molecule has 0 saturated carbocycles. The molecule has 3 aliphatic heterocycles. The summed E-state index contributed by atoms with van der Waals surface area (Å²) in [7, 11) is 0. The van der Waals surface area contributed by atoms with E-state index >= 15 is 0 Å². The highest BCUT2D eigenvalue weighted by Gasteiger charge is 2.17. The number of benzene rings is 1. The lowest BCUT2D eigenvalue weighted by Gasteiger charge is -2.21. The second-order valence-electron chi connectivity index (χ2n) is 4.23. The first-order chi connectivity index (χ1) is 7.81. The molecule has 2 bridgehead atoms. The van der Waals surface area contributed by atoms with E-state index in [2.05, 4.69) is 28.2 Å². The molecule has 0 aliphatic carbocycles. The van der Waals surface area contributed by atoms with Gasteiger partial charge in [-0.1, -0.05) is 19.4 Å². The normalized spacial score (nSPS) is 21.2. The number of hydrogen-bond donors (Lipinski definition) is 1. The SMILES string of the molecule is Brc1c2cccc1O2.CCC1CCCCN1. The Balaban J connectivity index is 0.000000120. The molecule has 0 amide bonds. The number of rotatable bonds is 1. The first-order valence-electron chi connectivity index (χ1n) is 6.01. The predicted octanol–water partition coefficient (Wildman–Crippen LogP) is 4.09. The Labute approximate surface area is 106 Å². The van der Waals surface area contributed by atoms with Crippen LogP contribution in [0, 0.1) is 0 Å². The fourth-order valence-electron chi connectivity index (χ4n) is 1.99. The van der Waals surface area contributed by atoms with Crippen molar-refractivity contribution < 1.29 is 4.74 Å². The summed E-state index contributed by atoms with van der Waals surface area (Å²) in [5.74, 6) is 1.89. The summed E-state index contributed by atoms with van der Waals surface area (Å²) >= 11 is 3.34. The summed E-state index contributed by atoms with van der Waals surface area (Å²) in [6.07, 6.45) is 5.53. The van der Waals surface area contributed by atoms with Crippen LogP contribution in [0.15, 0.2) is 22.7 Å². The van der Waals surface area contributed by atoms with Gasteiger partial charge in [0.25, 0.3) is 0 Å². The largest absolute Gasteiger partial charge is 0.455 e. The Morgan fingerprint density at radius 3 is 2.44 bits per heavy atom. The van der Waals surface area contributed by atoms with Gasteiger partial charge in [-0.05, 0) is 53.9 Å². The molecule has 3 aliphatic rings. The molecule has 3 heteroatoms. The summed E-state index contributed by atoms with van der Waals surface area (Å²) < 4.78 is 6.19. The van der Waals surface area contributed by atoms with E-state index in [0.29, 0.717) is 0 Å². The van der Waals surface area contributed by atoms with E-state index in [4.69, 9.17) is 4.74 Å². The average Bonchev–Trinajstić information content (AvgIpc) is 2.40. The molecular weight excluding hydrogens is 266 g/mol. The Bertz CT molecular complexity index is 328. The van der Waals surface area contributed by atoms with Gasteiger partial charge >= 0.3 is 0 Å². The van der Waals surface area contributed by atoms with Gasteiger partial charge in [0.05, 0.1) is 0 Å². The Hall–Kier alpha value is -0.540. The smallest absolute Gasteiger partial charge is 0.145 e. The molecule has 0 spiro atoms.